The number of rotatable bonds is 2. The van der Waals surface area contributed by atoms with Gasteiger partial charge in [-0.05, 0) is 36.8 Å². The third-order valence-electron chi connectivity index (χ3n) is 3.75. The van der Waals surface area contributed by atoms with Crippen molar-refractivity contribution in [2.75, 3.05) is 11.9 Å². The quantitative estimate of drug-likeness (QED) is 0.329. The molecule has 0 aliphatic heterocycles. The maximum Gasteiger partial charge on any atom is 0.420 e. The minimum atomic E-state index is -5.28. The van der Waals surface area contributed by atoms with E-state index >= 15 is 0 Å². The summed E-state index contributed by atoms with van der Waals surface area (Å²) in [6, 6.07) is 1.67. The lowest BCUT2D eigenvalue weighted by Crippen LogP contribution is -2.31. The fourth-order valence-corrected chi connectivity index (χ4v) is 2.59. The van der Waals surface area contributed by atoms with Crippen LogP contribution in [0.5, 0.6) is 5.75 Å². The average Bonchev–Trinajstić information content (AvgIpc) is 2.67. The molecule has 31 heavy (non-hydrogen) atoms. The number of carbonyl (C=O) groups is 1. The number of anilines is 1. The summed E-state index contributed by atoms with van der Waals surface area (Å²) < 4.78 is 110. The molecule has 0 saturated heterocycles. The van der Waals surface area contributed by atoms with E-state index in [1.165, 1.54) is 0 Å². The van der Waals surface area contributed by atoms with Gasteiger partial charge in [-0.25, -0.2) is 13.6 Å². The highest BCUT2D eigenvalue weighted by Crippen LogP contribution is 2.42. The van der Waals surface area contributed by atoms with Crippen molar-refractivity contribution in [1.82, 2.24) is 0 Å². The summed E-state index contributed by atoms with van der Waals surface area (Å²) >= 11 is 5.58. The van der Waals surface area contributed by atoms with Crippen LogP contribution in [0, 0.1) is 18.6 Å². The number of nitrogens with zero attached hydrogens (tertiary/aromatic N) is 1. The third kappa shape index (κ3) is 5.99. The Bertz CT molecular complexity index is 957. The first-order chi connectivity index (χ1) is 14.1. The highest BCUT2D eigenvalue weighted by Gasteiger charge is 2.40. The van der Waals surface area contributed by atoms with Crippen LogP contribution in [0.3, 0.4) is 0 Å². The van der Waals surface area contributed by atoms with Crippen molar-refractivity contribution in [3.8, 4) is 5.75 Å². The molecule has 1 amide bonds. The maximum atomic E-state index is 13.5. The van der Waals surface area contributed by atoms with Crippen LogP contribution >= 0.6 is 11.6 Å². The summed E-state index contributed by atoms with van der Waals surface area (Å²) in [5.41, 5.74) is -4.47. The number of aryl methyl sites for hydroxylation is 1. The molecule has 2 aromatic carbocycles. The molecule has 3 nitrogen and oxygen atoms in total. The first-order valence-electron chi connectivity index (χ1n) is 8.52. The number of halogens is 9. The van der Waals surface area contributed by atoms with Gasteiger partial charge in [0.25, 0.3) is 0 Å². The predicted octanol–water partition coefficient (Wildman–Crippen LogP) is 7.63. The van der Waals surface area contributed by atoms with E-state index in [0.29, 0.717) is 17.0 Å². The Hall–Kier alpha value is -2.56. The SMILES string of the molecule is CC.Cc1cc(C(F)(F)F)cc(C(F)(F)F)c1OC(=O)N(C)c1ccc(F)c(F)c1Cl. The van der Waals surface area contributed by atoms with E-state index in [0.717, 1.165) is 20.0 Å². The van der Waals surface area contributed by atoms with Gasteiger partial charge < -0.3 is 4.74 Å². The van der Waals surface area contributed by atoms with E-state index in [2.05, 4.69) is 4.74 Å². The van der Waals surface area contributed by atoms with Gasteiger partial charge in [0.1, 0.15) is 10.8 Å². The van der Waals surface area contributed by atoms with Crippen LogP contribution in [0.15, 0.2) is 24.3 Å². The zero-order valence-electron chi connectivity index (χ0n) is 16.5. The Labute approximate surface area is 177 Å². The van der Waals surface area contributed by atoms with Gasteiger partial charge in [0.05, 0.1) is 16.8 Å². The minimum Gasteiger partial charge on any atom is -0.409 e. The molecule has 0 N–H and O–H groups in total. The van der Waals surface area contributed by atoms with Crippen molar-refractivity contribution in [3.63, 3.8) is 0 Å². The van der Waals surface area contributed by atoms with Crippen LogP contribution in [0.4, 0.5) is 45.6 Å². The number of alkyl halides is 6. The fourth-order valence-electron chi connectivity index (χ4n) is 2.31. The molecular weight excluding hydrogens is 462 g/mol. The molecule has 0 bridgehead atoms. The van der Waals surface area contributed by atoms with E-state index < -0.39 is 63.2 Å². The number of carbonyl (C=O) groups excluding carboxylic acids is 1. The largest absolute Gasteiger partial charge is 0.420 e. The lowest BCUT2D eigenvalue weighted by Gasteiger charge is -2.22. The number of ether oxygens (including phenoxy) is 1. The van der Waals surface area contributed by atoms with Crippen molar-refractivity contribution in [1.29, 1.82) is 0 Å². The Morgan fingerprint density at radius 2 is 1.55 bits per heavy atom. The average molecular weight is 478 g/mol. The topological polar surface area (TPSA) is 29.5 Å². The monoisotopic (exact) mass is 477 g/mol. The van der Waals surface area contributed by atoms with E-state index in [1.54, 1.807) is 0 Å². The van der Waals surface area contributed by atoms with Crippen LogP contribution in [-0.2, 0) is 12.4 Å². The molecule has 0 saturated carbocycles. The predicted molar refractivity (Wildman–Crippen MR) is 98.3 cm³/mol. The summed E-state index contributed by atoms with van der Waals surface area (Å²) in [7, 11) is 0.938. The Kier molecular flexibility index (Phi) is 8.30. The van der Waals surface area contributed by atoms with Crippen LogP contribution in [0.2, 0.25) is 5.02 Å². The molecule has 0 fully saturated rings. The van der Waals surface area contributed by atoms with E-state index in [4.69, 9.17) is 11.6 Å². The molecule has 2 aromatic rings. The first-order valence-corrected chi connectivity index (χ1v) is 8.90. The summed E-state index contributed by atoms with van der Waals surface area (Å²) in [5.74, 6) is -4.01. The van der Waals surface area contributed by atoms with Crippen LogP contribution < -0.4 is 9.64 Å². The summed E-state index contributed by atoms with van der Waals surface area (Å²) in [5, 5.41) is -0.843. The van der Waals surface area contributed by atoms with Crippen molar-refractivity contribution in [2.24, 2.45) is 0 Å². The molecular formula is C19H16ClF8NO2. The van der Waals surface area contributed by atoms with Gasteiger partial charge >= 0.3 is 18.4 Å². The highest BCUT2D eigenvalue weighted by molar-refractivity contribution is 6.33. The van der Waals surface area contributed by atoms with Crippen molar-refractivity contribution < 1.29 is 44.7 Å². The van der Waals surface area contributed by atoms with Crippen molar-refractivity contribution >= 4 is 23.4 Å². The molecule has 0 aromatic heterocycles. The summed E-state index contributed by atoms with van der Waals surface area (Å²) in [4.78, 5) is 12.7. The fraction of sp³-hybridized carbons (Fsp3) is 0.316. The molecule has 0 radical (unpaired) electrons. The first kappa shape index (κ1) is 26.5. The molecule has 0 aliphatic rings. The normalized spacial score (nSPS) is 11.5. The van der Waals surface area contributed by atoms with Gasteiger partial charge in [-0.15, -0.1) is 0 Å². The third-order valence-corrected chi connectivity index (χ3v) is 4.11. The van der Waals surface area contributed by atoms with Crippen molar-refractivity contribution in [2.45, 2.75) is 33.1 Å². The molecule has 2 rings (SSSR count). The zero-order chi connectivity index (χ0) is 24.3. The van der Waals surface area contributed by atoms with E-state index in [9.17, 15) is 39.9 Å². The number of benzene rings is 2. The smallest absolute Gasteiger partial charge is 0.409 e. The maximum absolute atomic E-state index is 13.5. The Morgan fingerprint density at radius 3 is 2.03 bits per heavy atom. The molecule has 0 atom stereocenters. The van der Waals surface area contributed by atoms with E-state index in [1.807, 2.05) is 13.8 Å². The van der Waals surface area contributed by atoms with Gasteiger partial charge in [-0.3, -0.25) is 4.90 Å². The number of hydrogen-bond acceptors (Lipinski definition) is 2. The summed E-state index contributed by atoms with van der Waals surface area (Å²) in [6.45, 7) is 4.89. The molecule has 12 heteroatoms. The van der Waals surface area contributed by atoms with Gasteiger partial charge in [-0.2, -0.15) is 26.3 Å². The van der Waals surface area contributed by atoms with Crippen LogP contribution in [-0.4, -0.2) is 13.1 Å². The van der Waals surface area contributed by atoms with Gasteiger partial charge in [0.2, 0.25) is 0 Å². The summed E-state index contributed by atoms with van der Waals surface area (Å²) in [6.07, 6.45) is -11.9. The van der Waals surface area contributed by atoms with Gasteiger partial charge in [-0.1, -0.05) is 25.4 Å². The number of hydrogen-bond donors (Lipinski definition) is 0. The second kappa shape index (κ2) is 9.71. The van der Waals surface area contributed by atoms with Gasteiger partial charge in [0, 0.05) is 7.05 Å². The Balaban J connectivity index is 0.00000233. The van der Waals surface area contributed by atoms with E-state index in [-0.39, 0.29) is 6.07 Å². The molecule has 0 heterocycles. The molecule has 0 unspecified atom stereocenters. The van der Waals surface area contributed by atoms with Crippen LogP contribution in [0.1, 0.15) is 30.5 Å². The lowest BCUT2D eigenvalue weighted by atomic mass is 10.0. The van der Waals surface area contributed by atoms with Crippen LogP contribution in [0.25, 0.3) is 0 Å². The number of amides is 1. The highest BCUT2D eigenvalue weighted by atomic mass is 35.5. The minimum absolute atomic E-state index is 0.194. The molecule has 172 valence electrons. The van der Waals surface area contributed by atoms with Gasteiger partial charge in [0.15, 0.2) is 11.6 Å². The van der Waals surface area contributed by atoms with Crippen molar-refractivity contribution in [3.05, 3.63) is 57.6 Å². The standard InChI is InChI=1S/C17H10ClF8NO2.C2H6/c1-7-5-8(16(21,22)23)6-9(17(24,25)26)14(7)29-15(28)27(2)11-4-3-10(19)13(20)12(11)18;1-2/h3-6H,1-2H3;1-2H3. The molecule has 0 aliphatic carbocycles. The lowest BCUT2D eigenvalue weighted by molar-refractivity contribution is -0.143. The molecule has 0 spiro atoms. The zero-order valence-corrected chi connectivity index (χ0v) is 17.2. The second-order valence-electron chi connectivity index (χ2n) is 5.79. The second-order valence-corrected chi connectivity index (χ2v) is 6.16. The Morgan fingerprint density at radius 1 is 1.00 bits per heavy atom.